The molecule has 2 aliphatic carbocycles. The van der Waals surface area contributed by atoms with Crippen molar-refractivity contribution in [3.63, 3.8) is 0 Å². The summed E-state index contributed by atoms with van der Waals surface area (Å²) in [6.07, 6.45) is 8.38. The minimum atomic E-state index is -0.200. The molecule has 0 bridgehead atoms. The smallest absolute Gasteiger partial charge is 0.291 e. The summed E-state index contributed by atoms with van der Waals surface area (Å²) in [4.78, 5) is 16.5. The molecule has 0 saturated heterocycles. The van der Waals surface area contributed by atoms with Crippen LogP contribution in [-0.4, -0.2) is 33.7 Å². The average molecular weight is 277 g/mol. The van der Waals surface area contributed by atoms with Crippen molar-refractivity contribution in [3.05, 3.63) is 11.6 Å². The van der Waals surface area contributed by atoms with Gasteiger partial charge in [0.05, 0.1) is 0 Å². The summed E-state index contributed by atoms with van der Waals surface area (Å²) in [7, 11) is 0. The molecule has 1 aromatic heterocycles. The second-order valence-electron chi connectivity index (χ2n) is 6.03. The van der Waals surface area contributed by atoms with Crippen LogP contribution in [0.2, 0.25) is 0 Å². The number of hydrogen-bond acceptors (Lipinski definition) is 4. The Hall–Kier alpha value is -1.43. The van der Waals surface area contributed by atoms with Crippen molar-refractivity contribution in [1.82, 2.24) is 20.5 Å². The van der Waals surface area contributed by atoms with E-state index in [-0.39, 0.29) is 17.8 Å². The molecule has 0 radical (unpaired) electrons. The highest BCUT2D eigenvalue weighted by atomic mass is 16.2. The molecule has 0 aromatic carbocycles. The molecule has 1 atom stereocenters. The van der Waals surface area contributed by atoms with Gasteiger partial charge in [0.25, 0.3) is 5.91 Å². The van der Waals surface area contributed by atoms with Gasteiger partial charge in [-0.15, -0.1) is 5.10 Å². The van der Waals surface area contributed by atoms with E-state index < -0.39 is 0 Å². The fourth-order valence-corrected chi connectivity index (χ4v) is 3.05. The van der Waals surface area contributed by atoms with Gasteiger partial charge in [-0.1, -0.05) is 19.3 Å². The van der Waals surface area contributed by atoms with Crippen molar-refractivity contribution < 1.29 is 4.79 Å². The Labute approximate surface area is 118 Å². The van der Waals surface area contributed by atoms with Crippen LogP contribution in [0.1, 0.15) is 67.3 Å². The van der Waals surface area contributed by atoms with E-state index >= 15 is 0 Å². The first kappa shape index (κ1) is 13.5. The van der Waals surface area contributed by atoms with Crippen molar-refractivity contribution >= 4 is 5.91 Å². The van der Waals surface area contributed by atoms with Gasteiger partial charge in [0.2, 0.25) is 5.82 Å². The summed E-state index contributed by atoms with van der Waals surface area (Å²) >= 11 is 0. The molecule has 6 heteroatoms. The number of nitrogens with one attached hydrogen (secondary N) is 2. The summed E-state index contributed by atoms with van der Waals surface area (Å²) in [5.41, 5.74) is 5.83. The number of hydrogen-bond donors (Lipinski definition) is 3. The normalized spacial score (nSPS) is 21.6. The topological polar surface area (TPSA) is 96.7 Å². The fraction of sp³-hybridized carbons (Fsp3) is 0.786. The number of H-pyrrole nitrogens is 1. The number of amides is 1. The van der Waals surface area contributed by atoms with Crippen molar-refractivity contribution in [1.29, 1.82) is 0 Å². The van der Waals surface area contributed by atoms with Gasteiger partial charge in [-0.3, -0.25) is 9.89 Å². The van der Waals surface area contributed by atoms with Crippen LogP contribution in [0.15, 0.2) is 0 Å². The maximum atomic E-state index is 12.2. The Morgan fingerprint density at radius 1 is 1.30 bits per heavy atom. The van der Waals surface area contributed by atoms with Gasteiger partial charge in [0.15, 0.2) is 0 Å². The molecule has 110 valence electrons. The quantitative estimate of drug-likeness (QED) is 0.756. The van der Waals surface area contributed by atoms with E-state index in [0.29, 0.717) is 18.4 Å². The van der Waals surface area contributed by atoms with Gasteiger partial charge in [-0.2, -0.15) is 0 Å². The molecule has 6 nitrogen and oxygen atoms in total. The van der Waals surface area contributed by atoms with Crippen molar-refractivity contribution in [2.24, 2.45) is 11.7 Å². The molecular formula is C14H23N5O. The van der Waals surface area contributed by atoms with Crippen LogP contribution in [0.4, 0.5) is 0 Å². The van der Waals surface area contributed by atoms with E-state index in [1.54, 1.807) is 0 Å². The predicted octanol–water partition coefficient (Wildman–Crippen LogP) is 1.32. The molecule has 2 aliphatic rings. The number of carbonyl (C=O) groups excluding carboxylic acids is 1. The predicted molar refractivity (Wildman–Crippen MR) is 75.2 cm³/mol. The molecule has 3 rings (SSSR count). The minimum Gasteiger partial charge on any atom is -0.345 e. The van der Waals surface area contributed by atoms with Crippen LogP contribution in [0, 0.1) is 5.92 Å². The summed E-state index contributed by atoms with van der Waals surface area (Å²) in [5.74, 6) is 1.87. The van der Waals surface area contributed by atoms with Crippen LogP contribution >= 0.6 is 0 Å². The van der Waals surface area contributed by atoms with E-state index in [9.17, 15) is 4.79 Å². The van der Waals surface area contributed by atoms with E-state index in [1.807, 2.05) is 0 Å². The molecule has 1 unspecified atom stereocenters. The molecule has 0 aliphatic heterocycles. The van der Waals surface area contributed by atoms with Gasteiger partial charge in [0, 0.05) is 18.5 Å². The first-order valence-corrected chi connectivity index (χ1v) is 7.71. The number of aromatic nitrogens is 3. The van der Waals surface area contributed by atoms with E-state index in [2.05, 4.69) is 20.5 Å². The van der Waals surface area contributed by atoms with Crippen molar-refractivity contribution in [2.45, 2.75) is 56.9 Å². The Morgan fingerprint density at radius 2 is 2.05 bits per heavy atom. The number of rotatable bonds is 5. The van der Waals surface area contributed by atoms with Crippen molar-refractivity contribution in [2.75, 3.05) is 6.54 Å². The molecule has 0 spiro atoms. The Bertz CT molecular complexity index is 462. The van der Waals surface area contributed by atoms with Gasteiger partial charge in [-0.05, 0) is 31.6 Å². The number of aromatic amines is 1. The zero-order chi connectivity index (χ0) is 13.9. The minimum absolute atomic E-state index is 0.0469. The second kappa shape index (κ2) is 5.91. The number of carbonyl (C=O) groups is 1. The highest BCUT2D eigenvalue weighted by molar-refractivity contribution is 5.90. The number of nitrogens with zero attached hydrogens (tertiary/aromatic N) is 2. The largest absolute Gasteiger partial charge is 0.345 e. The Balaban J connectivity index is 1.60. The molecular weight excluding hydrogens is 254 g/mol. The summed E-state index contributed by atoms with van der Waals surface area (Å²) in [5, 5.41) is 9.90. The first-order chi connectivity index (χ1) is 9.78. The van der Waals surface area contributed by atoms with Gasteiger partial charge >= 0.3 is 0 Å². The third kappa shape index (κ3) is 3.00. The van der Waals surface area contributed by atoms with Gasteiger partial charge < -0.3 is 11.1 Å². The zero-order valence-corrected chi connectivity index (χ0v) is 11.8. The molecule has 2 saturated carbocycles. The van der Waals surface area contributed by atoms with Crippen LogP contribution in [0.3, 0.4) is 0 Å². The monoisotopic (exact) mass is 277 g/mol. The van der Waals surface area contributed by atoms with Gasteiger partial charge in [0.1, 0.15) is 5.82 Å². The number of nitrogens with two attached hydrogens (primary N) is 1. The maximum Gasteiger partial charge on any atom is 0.291 e. The fourth-order valence-electron chi connectivity index (χ4n) is 3.05. The molecule has 4 N–H and O–H groups in total. The summed E-state index contributed by atoms with van der Waals surface area (Å²) in [6.45, 7) is 0.482. The lowest BCUT2D eigenvalue weighted by molar-refractivity contribution is 0.0905. The maximum absolute atomic E-state index is 12.2. The third-order valence-electron chi connectivity index (χ3n) is 4.46. The highest BCUT2D eigenvalue weighted by Gasteiger charge is 2.29. The van der Waals surface area contributed by atoms with Crippen LogP contribution < -0.4 is 11.1 Å². The van der Waals surface area contributed by atoms with E-state index in [0.717, 1.165) is 31.5 Å². The Morgan fingerprint density at radius 3 is 2.70 bits per heavy atom. The molecule has 1 heterocycles. The van der Waals surface area contributed by atoms with Crippen LogP contribution in [0.25, 0.3) is 0 Å². The molecule has 20 heavy (non-hydrogen) atoms. The third-order valence-corrected chi connectivity index (χ3v) is 4.46. The van der Waals surface area contributed by atoms with Crippen molar-refractivity contribution in [3.8, 4) is 0 Å². The van der Waals surface area contributed by atoms with E-state index in [1.165, 1.54) is 19.3 Å². The molecule has 1 amide bonds. The average Bonchev–Trinajstić information content (AvgIpc) is 3.22. The second-order valence-corrected chi connectivity index (χ2v) is 6.03. The van der Waals surface area contributed by atoms with Crippen LogP contribution in [-0.2, 0) is 0 Å². The van der Waals surface area contributed by atoms with Crippen LogP contribution in [0.5, 0.6) is 0 Å². The first-order valence-electron chi connectivity index (χ1n) is 7.71. The zero-order valence-electron chi connectivity index (χ0n) is 11.8. The lowest BCUT2D eigenvalue weighted by atomic mass is 9.84. The van der Waals surface area contributed by atoms with Gasteiger partial charge in [-0.25, -0.2) is 4.98 Å². The standard InChI is InChI=1S/C14H23N5O/c15-8-11(9-4-2-1-3-5-9)16-14(20)13-17-12(18-19-13)10-6-7-10/h9-11H,1-8,15H2,(H,16,20)(H,17,18,19). The van der Waals surface area contributed by atoms with E-state index in [4.69, 9.17) is 5.73 Å². The lowest BCUT2D eigenvalue weighted by Crippen LogP contribution is -2.46. The molecule has 2 fully saturated rings. The lowest BCUT2D eigenvalue weighted by Gasteiger charge is -2.29. The summed E-state index contributed by atoms with van der Waals surface area (Å²) < 4.78 is 0. The highest BCUT2D eigenvalue weighted by Crippen LogP contribution is 2.37. The Kier molecular flexibility index (Phi) is 4.00. The SMILES string of the molecule is NCC(NC(=O)c1n[nH]c(C2CC2)n1)C1CCCCC1. The molecule has 1 aromatic rings. The summed E-state index contributed by atoms with van der Waals surface area (Å²) in [6, 6.07) is 0.0469.